The van der Waals surface area contributed by atoms with Gasteiger partial charge in [-0.2, -0.15) is 0 Å². The maximum atomic E-state index is 5.53. The van der Waals surface area contributed by atoms with Gasteiger partial charge in [-0.05, 0) is 12.2 Å². The van der Waals surface area contributed by atoms with E-state index in [1.807, 2.05) is 12.2 Å². The Morgan fingerprint density at radius 1 is 1.19 bits per heavy atom. The van der Waals surface area contributed by atoms with Gasteiger partial charge in [0.05, 0.1) is 0 Å². The van der Waals surface area contributed by atoms with Crippen LogP contribution >= 0.6 is 0 Å². The van der Waals surface area contributed by atoms with Crippen molar-refractivity contribution in [1.29, 1.82) is 0 Å². The van der Waals surface area contributed by atoms with Crippen LogP contribution in [-0.4, -0.2) is 50.7 Å². The minimum absolute atomic E-state index is 0.691. The topological polar surface area (TPSA) is 67.3 Å². The fourth-order valence-corrected chi connectivity index (χ4v) is 1.64. The summed E-state index contributed by atoms with van der Waals surface area (Å²) < 4.78 is 0. The molecule has 1 aliphatic carbocycles. The Bertz CT molecular complexity index is 271. The van der Waals surface area contributed by atoms with Crippen molar-refractivity contribution in [2.75, 3.05) is 45.8 Å². The smallest absolute Gasteiger partial charge is 0.0279 e. The predicted molar refractivity (Wildman–Crippen MR) is 68.2 cm³/mol. The number of nitrogens with zero attached hydrogens (tertiary/aromatic N) is 1. The molecule has 0 bridgehead atoms. The molecule has 0 heterocycles. The number of rotatable bonds is 9. The van der Waals surface area contributed by atoms with Gasteiger partial charge in [-0.3, -0.25) is 4.90 Å². The monoisotopic (exact) mass is 222 g/mol. The van der Waals surface area contributed by atoms with E-state index in [9.17, 15) is 0 Å². The molecule has 0 aromatic carbocycles. The average Bonchev–Trinajstić information content (AvgIpc) is 2.78. The minimum Gasteiger partial charge on any atom is -0.329 e. The van der Waals surface area contributed by atoms with Gasteiger partial charge in [0.15, 0.2) is 0 Å². The molecular weight excluding hydrogens is 200 g/mol. The second kappa shape index (κ2) is 8.28. The van der Waals surface area contributed by atoms with Crippen molar-refractivity contribution >= 4 is 0 Å². The van der Waals surface area contributed by atoms with Crippen molar-refractivity contribution < 1.29 is 0 Å². The summed E-state index contributed by atoms with van der Waals surface area (Å²) in [6, 6.07) is 0. The Hall–Kier alpha value is -0.900. The van der Waals surface area contributed by atoms with Gasteiger partial charge in [0.2, 0.25) is 0 Å². The van der Waals surface area contributed by atoms with E-state index in [0.717, 1.165) is 32.7 Å². The van der Waals surface area contributed by atoms with Crippen molar-refractivity contribution in [3.05, 3.63) is 29.5 Å². The van der Waals surface area contributed by atoms with E-state index in [2.05, 4.69) is 22.0 Å². The lowest BCUT2D eigenvalue weighted by molar-refractivity contribution is 0.289. The average molecular weight is 222 g/mol. The quantitative estimate of drug-likeness (QED) is 0.362. The number of hydrogen-bond acceptors (Lipinski definition) is 4. The largest absolute Gasteiger partial charge is 0.329 e. The molecule has 4 nitrogen and oxygen atoms in total. The normalized spacial score (nSPS) is 13.8. The molecule has 0 radical (unpaired) electrons. The summed E-state index contributed by atoms with van der Waals surface area (Å²) in [7, 11) is 0. The molecule has 90 valence electrons. The number of allylic oxidation sites excluding steroid dienone is 1. The van der Waals surface area contributed by atoms with E-state index in [0.29, 0.717) is 13.1 Å². The fraction of sp³-hybridized carbons (Fsp3) is 0.583. The molecule has 0 aromatic rings. The highest BCUT2D eigenvalue weighted by atomic mass is 15.1. The Labute approximate surface area is 97.7 Å². The maximum Gasteiger partial charge on any atom is 0.0279 e. The van der Waals surface area contributed by atoms with Crippen LogP contribution in [0.5, 0.6) is 0 Å². The van der Waals surface area contributed by atoms with Gasteiger partial charge in [-0.1, -0.05) is 6.08 Å². The van der Waals surface area contributed by atoms with Crippen molar-refractivity contribution in [2.45, 2.75) is 0 Å². The van der Waals surface area contributed by atoms with Gasteiger partial charge < -0.3 is 16.8 Å². The second-order valence-electron chi connectivity index (χ2n) is 3.79. The van der Waals surface area contributed by atoms with Crippen LogP contribution in [-0.2, 0) is 0 Å². The van der Waals surface area contributed by atoms with Crippen LogP contribution in [0.25, 0.3) is 0 Å². The minimum atomic E-state index is 0.691. The lowest BCUT2D eigenvalue weighted by Crippen LogP contribution is -2.38. The molecule has 1 rings (SSSR count). The Morgan fingerprint density at radius 2 is 1.94 bits per heavy atom. The Balaban J connectivity index is 2.07. The number of hydrogen-bond donors (Lipinski definition) is 3. The molecular formula is C12H22N4. The van der Waals surface area contributed by atoms with E-state index in [-0.39, 0.29) is 0 Å². The maximum absolute atomic E-state index is 5.53. The molecule has 4 heteroatoms. The van der Waals surface area contributed by atoms with Crippen LogP contribution in [0, 0.1) is 0 Å². The highest BCUT2D eigenvalue weighted by Gasteiger charge is 2.01. The molecule has 16 heavy (non-hydrogen) atoms. The summed E-state index contributed by atoms with van der Waals surface area (Å²) in [5, 5.41) is 3.38. The molecule has 0 aliphatic heterocycles. The van der Waals surface area contributed by atoms with Gasteiger partial charge >= 0.3 is 0 Å². The number of nitrogens with two attached hydrogens (primary N) is 2. The third-order valence-electron chi connectivity index (χ3n) is 2.47. The summed E-state index contributed by atoms with van der Waals surface area (Å²) in [5.41, 5.74) is 15.4. The molecule has 0 spiro atoms. The van der Waals surface area contributed by atoms with Crippen molar-refractivity contribution in [1.82, 2.24) is 10.2 Å². The highest BCUT2D eigenvalue weighted by molar-refractivity contribution is 5.29. The molecule has 0 fully saturated rings. The van der Waals surface area contributed by atoms with Gasteiger partial charge in [0.1, 0.15) is 0 Å². The summed E-state index contributed by atoms with van der Waals surface area (Å²) in [6.45, 7) is 6.05. The predicted octanol–water partition coefficient (Wildman–Crippen LogP) is -0.553. The van der Waals surface area contributed by atoms with Crippen LogP contribution in [0.3, 0.4) is 0 Å². The zero-order valence-electron chi connectivity index (χ0n) is 9.78. The SMILES string of the molecule is NCCN(CCN)CCNCC1=C=CC=C1. The van der Waals surface area contributed by atoms with Crippen molar-refractivity contribution in [3.63, 3.8) is 0 Å². The number of nitrogens with one attached hydrogen (secondary N) is 1. The first-order chi connectivity index (χ1) is 7.86. The molecule has 0 saturated heterocycles. The summed E-state index contributed by atoms with van der Waals surface area (Å²) >= 11 is 0. The van der Waals surface area contributed by atoms with Crippen molar-refractivity contribution in [2.24, 2.45) is 11.5 Å². The van der Waals surface area contributed by atoms with Crippen LogP contribution in [0.15, 0.2) is 29.5 Å². The molecule has 0 saturated carbocycles. The van der Waals surface area contributed by atoms with Gasteiger partial charge in [0, 0.05) is 51.4 Å². The Kier molecular flexibility index (Phi) is 6.81. The van der Waals surface area contributed by atoms with Crippen LogP contribution < -0.4 is 16.8 Å². The molecule has 5 N–H and O–H groups in total. The molecule has 0 amide bonds. The van der Waals surface area contributed by atoms with Gasteiger partial charge in [-0.15, -0.1) is 5.73 Å². The van der Waals surface area contributed by atoms with E-state index in [1.54, 1.807) is 0 Å². The molecule has 0 atom stereocenters. The fourth-order valence-electron chi connectivity index (χ4n) is 1.64. The molecule has 0 unspecified atom stereocenters. The first-order valence-electron chi connectivity index (χ1n) is 5.82. The van der Waals surface area contributed by atoms with Crippen LogP contribution in [0.1, 0.15) is 0 Å². The third-order valence-corrected chi connectivity index (χ3v) is 2.47. The summed E-state index contributed by atoms with van der Waals surface area (Å²) in [4.78, 5) is 2.28. The van der Waals surface area contributed by atoms with Crippen LogP contribution in [0.2, 0.25) is 0 Å². The first kappa shape index (κ1) is 13.2. The molecule has 0 aromatic heterocycles. The van der Waals surface area contributed by atoms with Crippen LogP contribution in [0.4, 0.5) is 0 Å². The first-order valence-corrected chi connectivity index (χ1v) is 5.82. The van der Waals surface area contributed by atoms with E-state index < -0.39 is 0 Å². The summed E-state index contributed by atoms with van der Waals surface area (Å²) in [5.74, 6) is 0. The van der Waals surface area contributed by atoms with Gasteiger partial charge in [-0.25, -0.2) is 0 Å². The van der Waals surface area contributed by atoms with E-state index in [1.165, 1.54) is 5.57 Å². The van der Waals surface area contributed by atoms with E-state index >= 15 is 0 Å². The second-order valence-corrected chi connectivity index (χ2v) is 3.79. The zero-order valence-corrected chi connectivity index (χ0v) is 9.78. The Morgan fingerprint density at radius 3 is 2.50 bits per heavy atom. The lowest BCUT2D eigenvalue weighted by Gasteiger charge is -2.20. The van der Waals surface area contributed by atoms with Crippen molar-refractivity contribution in [3.8, 4) is 0 Å². The lowest BCUT2D eigenvalue weighted by atomic mass is 10.3. The van der Waals surface area contributed by atoms with Gasteiger partial charge in [0.25, 0.3) is 0 Å². The summed E-state index contributed by atoms with van der Waals surface area (Å²) in [6.07, 6.45) is 6.02. The van der Waals surface area contributed by atoms with E-state index in [4.69, 9.17) is 11.5 Å². The zero-order chi connectivity index (χ0) is 11.6. The molecule has 1 aliphatic rings. The standard InChI is InChI=1S/C12H22N4/c13-5-8-16(9-6-14)10-7-15-11-12-3-1-2-4-12/h1-3,15H,5-11,13-14H2. The third kappa shape index (κ3) is 5.26. The highest BCUT2D eigenvalue weighted by Crippen LogP contribution is 1.98.